The van der Waals surface area contributed by atoms with E-state index in [1.807, 2.05) is 0 Å². The molecule has 0 aromatic carbocycles. The van der Waals surface area contributed by atoms with Gasteiger partial charge in [0, 0.05) is 17.6 Å². The van der Waals surface area contributed by atoms with Crippen LogP contribution >= 0.6 is 0 Å². The van der Waals surface area contributed by atoms with Crippen LogP contribution in [0.1, 0.15) is 0 Å². The van der Waals surface area contributed by atoms with Crippen molar-refractivity contribution in [2.24, 2.45) is 0 Å². The van der Waals surface area contributed by atoms with E-state index in [0.717, 1.165) is 0 Å². The summed E-state index contributed by atoms with van der Waals surface area (Å²) in [5.74, 6) is 0. The molecule has 2 heteroatoms. The van der Waals surface area contributed by atoms with E-state index >= 15 is 0 Å². The van der Waals surface area contributed by atoms with E-state index in [9.17, 15) is 4.39 Å². The fourth-order valence-corrected chi connectivity index (χ4v) is 0.534. The van der Waals surface area contributed by atoms with Crippen molar-refractivity contribution < 1.29 is 4.39 Å². The molecule has 1 aromatic rings. The summed E-state index contributed by atoms with van der Waals surface area (Å²) >= 11 is 0. The Labute approximate surface area is 52.2 Å². The minimum Gasteiger partial charge on any atom is -0.264 e. The second kappa shape index (κ2) is 2.40. The smallest absolute Gasteiger partial charge is 0.0960 e. The van der Waals surface area contributed by atoms with E-state index in [1.54, 1.807) is 12.3 Å². The van der Waals surface area contributed by atoms with Crippen LogP contribution in [-0.2, 0) is 0 Å². The van der Waals surface area contributed by atoms with Crippen LogP contribution in [0.25, 0.3) is 12.9 Å². The standard InChI is InChI=1S/C7H6FN/c1-6-2-3-9-5-7(6)4-8/h2-5H,1H2/b7-4+. The molecular formula is C7H6FN. The van der Waals surface area contributed by atoms with Crippen molar-refractivity contribution in [3.8, 4) is 0 Å². The van der Waals surface area contributed by atoms with Crippen molar-refractivity contribution in [1.82, 2.24) is 4.98 Å². The van der Waals surface area contributed by atoms with Gasteiger partial charge in [0.2, 0.25) is 0 Å². The third-order valence-electron chi connectivity index (χ3n) is 1.06. The van der Waals surface area contributed by atoms with Crippen LogP contribution in [0.4, 0.5) is 4.39 Å². The first-order valence-electron chi connectivity index (χ1n) is 2.54. The fraction of sp³-hybridized carbons (Fsp3) is 0. The van der Waals surface area contributed by atoms with Crippen molar-refractivity contribution in [1.29, 1.82) is 0 Å². The summed E-state index contributed by atoms with van der Waals surface area (Å²) in [5.41, 5.74) is 0. The minimum atomic E-state index is 0.442. The van der Waals surface area contributed by atoms with E-state index in [-0.39, 0.29) is 0 Å². The van der Waals surface area contributed by atoms with Gasteiger partial charge in [-0.3, -0.25) is 4.98 Å². The van der Waals surface area contributed by atoms with Crippen molar-refractivity contribution in [3.63, 3.8) is 0 Å². The van der Waals surface area contributed by atoms with Gasteiger partial charge in [0.05, 0.1) is 6.33 Å². The molecule has 1 rings (SSSR count). The molecular weight excluding hydrogens is 117 g/mol. The Morgan fingerprint density at radius 2 is 2.44 bits per heavy atom. The summed E-state index contributed by atoms with van der Waals surface area (Å²) in [4.78, 5) is 3.71. The molecule has 0 fully saturated rings. The third-order valence-corrected chi connectivity index (χ3v) is 1.06. The van der Waals surface area contributed by atoms with Gasteiger partial charge in [-0.25, -0.2) is 4.39 Å². The SMILES string of the molecule is C=c1ccnc/c1=C\F. The Bertz CT molecular complexity index is 292. The molecule has 46 valence electrons. The molecule has 0 saturated carbocycles. The van der Waals surface area contributed by atoms with E-state index in [2.05, 4.69) is 11.6 Å². The maximum absolute atomic E-state index is 11.8. The number of rotatable bonds is 0. The maximum Gasteiger partial charge on any atom is 0.0960 e. The quantitative estimate of drug-likeness (QED) is 0.480. The average molecular weight is 123 g/mol. The van der Waals surface area contributed by atoms with Crippen LogP contribution in [0.2, 0.25) is 0 Å². The third kappa shape index (κ3) is 1.13. The molecule has 0 N–H and O–H groups in total. The predicted molar refractivity (Wildman–Crippen MR) is 34.6 cm³/mol. The van der Waals surface area contributed by atoms with Crippen molar-refractivity contribution >= 4 is 12.9 Å². The lowest BCUT2D eigenvalue weighted by molar-refractivity contribution is 0.796. The zero-order valence-corrected chi connectivity index (χ0v) is 4.84. The highest BCUT2D eigenvalue weighted by atomic mass is 19.1. The van der Waals surface area contributed by atoms with Gasteiger partial charge in [0.25, 0.3) is 0 Å². The summed E-state index contributed by atoms with van der Waals surface area (Å²) in [6.45, 7) is 3.58. The molecule has 0 atom stereocenters. The molecule has 0 spiro atoms. The zero-order valence-electron chi connectivity index (χ0n) is 4.84. The van der Waals surface area contributed by atoms with Crippen molar-refractivity contribution in [2.45, 2.75) is 0 Å². The van der Waals surface area contributed by atoms with Crippen LogP contribution in [0, 0.1) is 0 Å². The van der Waals surface area contributed by atoms with Gasteiger partial charge in [0.1, 0.15) is 0 Å². The van der Waals surface area contributed by atoms with E-state index in [1.165, 1.54) is 6.20 Å². The van der Waals surface area contributed by atoms with Gasteiger partial charge in [-0.15, -0.1) is 0 Å². The molecule has 0 unspecified atom stereocenters. The van der Waals surface area contributed by atoms with Gasteiger partial charge in [0.15, 0.2) is 0 Å². The maximum atomic E-state index is 11.8. The normalized spacial score (nSPS) is 11.9. The Balaban J connectivity index is 3.53. The van der Waals surface area contributed by atoms with Gasteiger partial charge in [-0.1, -0.05) is 6.58 Å². The highest BCUT2D eigenvalue weighted by molar-refractivity contribution is 5.16. The van der Waals surface area contributed by atoms with E-state index < -0.39 is 0 Å². The lowest BCUT2D eigenvalue weighted by Gasteiger charge is -1.80. The van der Waals surface area contributed by atoms with Gasteiger partial charge < -0.3 is 0 Å². The number of hydrogen-bond donors (Lipinski definition) is 0. The molecule has 1 aromatic heterocycles. The van der Waals surface area contributed by atoms with Crippen LogP contribution < -0.4 is 10.4 Å². The summed E-state index contributed by atoms with van der Waals surface area (Å²) < 4.78 is 11.8. The lowest BCUT2D eigenvalue weighted by atomic mass is 10.3. The number of halogens is 1. The zero-order chi connectivity index (χ0) is 6.69. The fourth-order valence-electron chi connectivity index (χ4n) is 0.534. The second-order valence-electron chi connectivity index (χ2n) is 1.68. The monoisotopic (exact) mass is 123 g/mol. The molecule has 0 aliphatic rings. The highest BCUT2D eigenvalue weighted by Gasteiger charge is 1.77. The average Bonchev–Trinajstić information content (AvgIpc) is 1.89. The lowest BCUT2D eigenvalue weighted by Crippen LogP contribution is -2.21. The highest BCUT2D eigenvalue weighted by Crippen LogP contribution is 1.63. The molecule has 9 heavy (non-hydrogen) atoms. The molecule has 0 bridgehead atoms. The molecule has 0 radical (unpaired) electrons. The van der Waals surface area contributed by atoms with Crippen LogP contribution in [-0.4, -0.2) is 4.98 Å². The van der Waals surface area contributed by atoms with Gasteiger partial charge in [-0.2, -0.15) is 0 Å². The topological polar surface area (TPSA) is 12.9 Å². The number of pyridine rings is 1. The first-order chi connectivity index (χ1) is 4.34. The second-order valence-corrected chi connectivity index (χ2v) is 1.68. The number of aromatic nitrogens is 1. The Morgan fingerprint density at radius 1 is 1.67 bits per heavy atom. The molecule has 0 saturated heterocycles. The summed E-state index contributed by atoms with van der Waals surface area (Å²) in [5, 5.41) is 1.10. The molecule has 0 aliphatic heterocycles. The molecule has 1 nitrogen and oxygen atoms in total. The van der Waals surface area contributed by atoms with Crippen LogP contribution in [0.5, 0.6) is 0 Å². The van der Waals surface area contributed by atoms with Crippen LogP contribution in [0.3, 0.4) is 0 Å². The first kappa shape index (κ1) is 5.95. The molecule has 0 amide bonds. The summed E-state index contributed by atoms with van der Waals surface area (Å²) in [6.07, 6.45) is 3.51. The predicted octanol–water partition coefficient (Wildman–Crippen LogP) is 0.199. The van der Waals surface area contributed by atoms with Gasteiger partial charge >= 0.3 is 0 Å². The van der Waals surface area contributed by atoms with E-state index in [0.29, 0.717) is 16.8 Å². The summed E-state index contributed by atoms with van der Waals surface area (Å²) in [7, 11) is 0. The van der Waals surface area contributed by atoms with Crippen molar-refractivity contribution in [2.75, 3.05) is 0 Å². The Hall–Kier alpha value is -1.18. The summed E-state index contributed by atoms with van der Waals surface area (Å²) in [6, 6.07) is 1.66. The minimum absolute atomic E-state index is 0.442. The van der Waals surface area contributed by atoms with Crippen LogP contribution in [0.15, 0.2) is 18.5 Å². The first-order valence-corrected chi connectivity index (χ1v) is 2.54. The largest absolute Gasteiger partial charge is 0.264 e. The van der Waals surface area contributed by atoms with Crippen molar-refractivity contribution in [3.05, 3.63) is 28.9 Å². The number of hydrogen-bond acceptors (Lipinski definition) is 1. The molecule has 0 aliphatic carbocycles. The van der Waals surface area contributed by atoms with Gasteiger partial charge in [-0.05, 0) is 11.3 Å². The molecule has 1 heterocycles. The Morgan fingerprint density at radius 3 is 2.89 bits per heavy atom. The Kier molecular flexibility index (Phi) is 1.58. The van der Waals surface area contributed by atoms with E-state index in [4.69, 9.17) is 0 Å². The number of nitrogens with zero attached hydrogens (tertiary/aromatic N) is 1.